The van der Waals surface area contributed by atoms with Crippen molar-refractivity contribution in [3.8, 4) is 11.4 Å². The summed E-state index contributed by atoms with van der Waals surface area (Å²) in [5, 5.41) is 9.01. The summed E-state index contributed by atoms with van der Waals surface area (Å²) in [5.74, 6) is 0.757. The standard InChI is InChI=1S/C19H15Cl2N5O2/c1-2-28-14-6-4-13(5-7-14)26-18-17(23-24-26)19(27)25(11-22-18)10-12-3-8-15(20)16(21)9-12/h3-9,11H,2,10H2,1H3. The molecule has 0 saturated carbocycles. The Kier molecular flexibility index (Phi) is 5.02. The van der Waals surface area contributed by atoms with E-state index in [1.807, 2.05) is 37.3 Å². The highest BCUT2D eigenvalue weighted by atomic mass is 35.5. The lowest BCUT2D eigenvalue weighted by atomic mass is 10.2. The number of rotatable bonds is 5. The fraction of sp³-hybridized carbons (Fsp3) is 0.158. The van der Waals surface area contributed by atoms with Crippen LogP contribution in [0.15, 0.2) is 53.6 Å². The Balaban J connectivity index is 1.69. The second-order valence-electron chi connectivity index (χ2n) is 6.03. The topological polar surface area (TPSA) is 74.8 Å². The molecule has 0 saturated heterocycles. The van der Waals surface area contributed by atoms with Gasteiger partial charge in [-0.25, -0.2) is 4.98 Å². The summed E-state index contributed by atoms with van der Waals surface area (Å²) in [6.07, 6.45) is 1.47. The number of aromatic nitrogens is 5. The summed E-state index contributed by atoms with van der Waals surface area (Å²) in [6, 6.07) is 12.6. The molecule has 0 aliphatic rings. The van der Waals surface area contributed by atoms with Crippen molar-refractivity contribution in [1.29, 1.82) is 0 Å². The zero-order valence-electron chi connectivity index (χ0n) is 14.8. The fourth-order valence-corrected chi connectivity index (χ4v) is 3.14. The van der Waals surface area contributed by atoms with Crippen molar-refractivity contribution < 1.29 is 4.74 Å². The summed E-state index contributed by atoms with van der Waals surface area (Å²) < 4.78 is 8.42. The van der Waals surface area contributed by atoms with Crippen molar-refractivity contribution in [2.45, 2.75) is 13.5 Å². The molecular formula is C19H15Cl2N5O2. The van der Waals surface area contributed by atoms with E-state index >= 15 is 0 Å². The van der Waals surface area contributed by atoms with Gasteiger partial charge in [-0.05, 0) is 48.9 Å². The van der Waals surface area contributed by atoms with E-state index in [1.165, 1.54) is 15.6 Å². The van der Waals surface area contributed by atoms with Crippen LogP contribution in [0.25, 0.3) is 16.9 Å². The summed E-state index contributed by atoms with van der Waals surface area (Å²) in [5.41, 5.74) is 1.86. The van der Waals surface area contributed by atoms with E-state index in [2.05, 4.69) is 15.3 Å². The Morgan fingerprint density at radius 1 is 1.07 bits per heavy atom. The quantitative estimate of drug-likeness (QED) is 0.496. The van der Waals surface area contributed by atoms with Gasteiger partial charge in [0.15, 0.2) is 11.2 Å². The van der Waals surface area contributed by atoms with Gasteiger partial charge in [0, 0.05) is 0 Å². The molecule has 0 spiro atoms. The van der Waals surface area contributed by atoms with E-state index in [1.54, 1.807) is 12.1 Å². The van der Waals surface area contributed by atoms with Gasteiger partial charge in [-0.2, -0.15) is 4.68 Å². The van der Waals surface area contributed by atoms with Crippen molar-refractivity contribution in [2.24, 2.45) is 0 Å². The van der Waals surface area contributed by atoms with Crippen LogP contribution < -0.4 is 10.3 Å². The largest absolute Gasteiger partial charge is 0.494 e. The van der Waals surface area contributed by atoms with Crippen molar-refractivity contribution in [2.75, 3.05) is 6.61 Å². The van der Waals surface area contributed by atoms with Crippen molar-refractivity contribution in [3.05, 3.63) is 74.8 Å². The normalized spacial score (nSPS) is 11.1. The molecule has 2 aromatic carbocycles. The molecule has 0 radical (unpaired) electrons. The Bertz CT molecular complexity index is 1200. The molecule has 2 aromatic heterocycles. The van der Waals surface area contributed by atoms with Crippen LogP contribution in [0.1, 0.15) is 12.5 Å². The van der Waals surface area contributed by atoms with E-state index in [0.29, 0.717) is 28.8 Å². The lowest BCUT2D eigenvalue weighted by Gasteiger charge is -2.07. The molecule has 0 fully saturated rings. The van der Waals surface area contributed by atoms with Crippen LogP contribution in [0.3, 0.4) is 0 Å². The van der Waals surface area contributed by atoms with Crippen LogP contribution in [0.4, 0.5) is 0 Å². The van der Waals surface area contributed by atoms with Gasteiger partial charge in [-0.3, -0.25) is 9.36 Å². The molecule has 0 aliphatic heterocycles. The third-order valence-corrected chi connectivity index (χ3v) is 4.90. The van der Waals surface area contributed by atoms with Crippen LogP contribution in [0.2, 0.25) is 10.0 Å². The number of ether oxygens (including phenoxy) is 1. The van der Waals surface area contributed by atoms with Gasteiger partial charge in [-0.1, -0.05) is 34.5 Å². The minimum Gasteiger partial charge on any atom is -0.494 e. The maximum Gasteiger partial charge on any atom is 0.283 e. The predicted octanol–water partition coefficient (Wildman–Crippen LogP) is 3.73. The van der Waals surface area contributed by atoms with Crippen molar-refractivity contribution in [1.82, 2.24) is 24.5 Å². The average molecular weight is 416 g/mol. The molecule has 9 heteroatoms. The van der Waals surface area contributed by atoms with Crippen LogP contribution in [0, 0.1) is 0 Å². The van der Waals surface area contributed by atoms with Crippen LogP contribution >= 0.6 is 23.2 Å². The lowest BCUT2D eigenvalue weighted by molar-refractivity contribution is 0.340. The average Bonchev–Trinajstić information content (AvgIpc) is 3.13. The number of benzene rings is 2. The Morgan fingerprint density at radius 2 is 1.86 bits per heavy atom. The maximum atomic E-state index is 12.8. The zero-order valence-corrected chi connectivity index (χ0v) is 16.4. The van der Waals surface area contributed by atoms with E-state index in [9.17, 15) is 4.79 Å². The lowest BCUT2D eigenvalue weighted by Crippen LogP contribution is -2.21. The molecule has 7 nitrogen and oxygen atoms in total. The first-order valence-corrected chi connectivity index (χ1v) is 9.30. The molecular weight excluding hydrogens is 401 g/mol. The summed E-state index contributed by atoms with van der Waals surface area (Å²) in [6.45, 7) is 2.81. The van der Waals surface area contributed by atoms with Crippen LogP contribution in [0.5, 0.6) is 5.75 Å². The Hall–Kier alpha value is -2.90. The molecule has 4 rings (SSSR count). The highest BCUT2D eigenvalue weighted by molar-refractivity contribution is 6.42. The molecule has 4 aromatic rings. The zero-order chi connectivity index (χ0) is 19.7. The molecule has 0 amide bonds. The predicted molar refractivity (Wildman–Crippen MR) is 108 cm³/mol. The van der Waals surface area contributed by atoms with Gasteiger partial charge in [0.25, 0.3) is 5.56 Å². The summed E-state index contributed by atoms with van der Waals surface area (Å²) >= 11 is 12.0. The van der Waals surface area contributed by atoms with Gasteiger partial charge in [-0.15, -0.1) is 5.10 Å². The van der Waals surface area contributed by atoms with Gasteiger partial charge in [0.2, 0.25) is 0 Å². The molecule has 0 unspecified atom stereocenters. The fourth-order valence-electron chi connectivity index (χ4n) is 2.82. The first-order chi connectivity index (χ1) is 13.6. The van der Waals surface area contributed by atoms with Crippen LogP contribution in [-0.4, -0.2) is 31.2 Å². The van der Waals surface area contributed by atoms with Gasteiger partial charge < -0.3 is 4.74 Å². The number of hydrogen-bond donors (Lipinski definition) is 0. The Morgan fingerprint density at radius 3 is 2.57 bits per heavy atom. The molecule has 28 heavy (non-hydrogen) atoms. The number of nitrogens with zero attached hydrogens (tertiary/aromatic N) is 5. The third kappa shape index (κ3) is 3.46. The minimum atomic E-state index is -0.284. The van der Waals surface area contributed by atoms with Gasteiger partial charge in [0.05, 0.1) is 28.9 Å². The molecule has 0 N–H and O–H groups in total. The molecule has 0 atom stereocenters. The van der Waals surface area contributed by atoms with Gasteiger partial charge in [0.1, 0.15) is 12.1 Å². The summed E-state index contributed by atoms with van der Waals surface area (Å²) in [7, 11) is 0. The van der Waals surface area contributed by atoms with E-state index in [-0.39, 0.29) is 11.1 Å². The number of fused-ring (bicyclic) bond motifs is 1. The number of hydrogen-bond acceptors (Lipinski definition) is 5. The second-order valence-corrected chi connectivity index (χ2v) is 6.84. The number of halogens is 2. The Labute approximate surface area is 170 Å². The molecule has 0 aliphatic carbocycles. The van der Waals surface area contributed by atoms with E-state index < -0.39 is 0 Å². The van der Waals surface area contributed by atoms with E-state index in [0.717, 1.165) is 17.0 Å². The van der Waals surface area contributed by atoms with Crippen molar-refractivity contribution in [3.63, 3.8) is 0 Å². The molecule has 0 bridgehead atoms. The summed E-state index contributed by atoms with van der Waals surface area (Å²) in [4.78, 5) is 17.2. The third-order valence-electron chi connectivity index (χ3n) is 4.16. The first-order valence-electron chi connectivity index (χ1n) is 8.55. The van der Waals surface area contributed by atoms with Crippen LogP contribution in [-0.2, 0) is 6.54 Å². The second kappa shape index (κ2) is 7.61. The smallest absolute Gasteiger partial charge is 0.283 e. The van der Waals surface area contributed by atoms with E-state index in [4.69, 9.17) is 27.9 Å². The minimum absolute atomic E-state index is 0.191. The van der Waals surface area contributed by atoms with Crippen molar-refractivity contribution >= 4 is 34.4 Å². The first kappa shape index (κ1) is 18.5. The highest BCUT2D eigenvalue weighted by Crippen LogP contribution is 2.23. The monoisotopic (exact) mass is 415 g/mol. The SMILES string of the molecule is CCOc1ccc(-n2nnc3c(=O)n(Cc4ccc(Cl)c(Cl)c4)cnc32)cc1. The van der Waals surface area contributed by atoms with Gasteiger partial charge >= 0.3 is 0 Å². The molecule has 2 heterocycles. The highest BCUT2D eigenvalue weighted by Gasteiger charge is 2.14. The maximum absolute atomic E-state index is 12.8. The molecule has 142 valence electrons.